The normalized spacial score (nSPS) is 17.2. The Morgan fingerprint density at radius 3 is 2.72 bits per heavy atom. The molecule has 18 heavy (non-hydrogen) atoms. The standard InChI is InChI=1S/C13H20BrN3O/c1-10(2)18-13-9-15-8-12(16-13)17-5-3-11(7-14)4-6-17/h8-11H,3-7H2,1-2H3. The average Bonchev–Trinajstić information content (AvgIpc) is 2.38. The molecule has 1 aliphatic rings. The van der Waals surface area contributed by atoms with Gasteiger partial charge in [0, 0.05) is 18.4 Å². The molecule has 2 heterocycles. The number of alkyl halides is 1. The van der Waals surface area contributed by atoms with Gasteiger partial charge in [-0.05, 0) is 32.6 Å². The van der Waals surface area contributed by atoms with Gasteiger partial charge in [-0.2, -0.15) is 4.98 Å². The minimum Gasteiger partial charge on any atom is -0.474 e. The van der Waals surface area contributed by atoms with Gasteiger partial charge in [-0.3, -0.25) is 4.98 Å². The van der Waals surface area contributed by atoms with Crippen molar-refractivity contribution in [3.05, 3.63) is 12.4 Å². The van der Waals surface area contributed by atoms with Gasteiger partial charge in [-0.1, -0.05) is 15.9 Å². The highest BCUT2D eigenvalue weighted by molar-refractivity contribution is 9.09. The quantitative estimate of drug-likeness (QED) is 0.801. The fraction of sp³-hybridized carbons (Fsp3) is 0.692. The first-order valence-corrected chi connectivity index (χ1v) is 7.61. The van der Waals surface area contributed by atoms with Gasteiger partial charge >= 0.3 is 0 Å². The number of halogens is 1. The number of hydrogen-bond acceptors (Lipinski definition) is 4. The van der Waals surface area contributed by atoms with Crippen LogP contribution in [0.15, 0.2) is 12.4 Å². The Kier molecular flexibility index (Phi) is 4.80. The van der Waals surface area contributed by atoms with Gasteiger partial charge in [-0.25, -0.2) is 0 Å². The van der Waals surface area contributed by atoms with Gasteiger partial charge in [0.2, 0.25) is 5.88 Å². The summed E-state index contributed by atoms with van der Waals surface area (Å²) in [5.74, 6) is 2.34. The molecule has 0 amide bonds. The molecule has 0 bridgehead atoms. The van der Waals surface area contributed by atoms with Crippen LogP contribution in [0.25, 0.3) is 0 Å². The molecule has 0 N–H and O–H groups in total. The van der Waals surface area contributed by atoms with Crippen molar-refractivity contribution < 1.29 is 4.74 Å². The van der Waals surface area contributed by atoms with Crippen LogP contribution in [0.4, 0.5) is 5.82 Å². The van der Waals surface area contributed by atoms with Crippen LogP contribution in [0.5, 0.6) is 5.88 Å². The molecule has 100 valence electrons. The van der Waals surface area contributed by atoms with Gasteiger partial charge in [-0.15, -0.1) is 0 Å². The molecule has 0 aromatic carbocycles. The Morgan fingerprint density at radius 1 is 1.39 bits per heavy atom. The largest absolute Gasteiger partial charge is 0.474 e. The van der Waals surface area contributed by atoms with Crippen molar-refractivity contribution in [2.75, 3.05) is 23.3 Å². The summed E-state index contributed by atoms with van der Waals surface area (Å²) in [7, 11) is 0. The summed E-state index contributed by atoms with van der Waals surface area (Å²) < 4.78 is 5.58. The zero-order valence-electron chi connectivity index (χ0n) is 11.0. The first kappa shape index (κ1) is 13.6. The molecule has 4 nitrogen and oxygen atoms in total. The number of ether oxygens (including phenoxy) is 1. The Hall–Kier alpha value is -0.840. The van der Waals surface area contributed by atoms with Crippen molar-refractivity contribution in [3.63, 3.8) is 0 Å². The lowest BCUT2D eigenvalue weighted by molar-refractivity contribution is 0.231. The fourth-order valence-electron chi connectivity index (χ4n) is 2.11. The molecule has 5 heteroatoms. The van der Waals surface area contributed by atoms with E-state index in [1.807, 2.05) is 20.0 Å². The van der Waals surface area contributed by atoms with Crippen LogP contribution < -0.4 is 9.64 Å². The summed E-state index contributed by atoms with van der Waals surface area (Å²) in [4.78, 5) is 11.0. The maximum atomic E-state index is 5.58. The zero-order valence-corrected chi connectivity index (χ0v) is 12.6. The lowest BCUT2D eigenvalue weighted by Crippen LogP contribution is -2.34. The number of piperidine rings is 1. The van der Waals surface area contributed by atoms with E-state index in [0.717, 1.165) is 30.2 Å². The summed E-state index contributed by atoms with van der Waals surface area (Å²) in [5, 5.41) is 1.10. The summed E-state index contributed by atoms with van der Waals surface area (Å²) in [6.07, 6.45) is 6.05. The van der Waals surface area contributed by atoms with E-state index in [0.29, 0.717) is 5.88 Å². The third kappa shape index (κ3) is 3.57. The van der Waals surface area contributed by atoms with Crippen molar-refractivity contribution in [2.24, 2.45) is 5.92 Å². The van der Waals surface area contributed by atoms with Gasteiger partial charge in [0.05, 0.1) is 18.5 Å². The maximum absolute atomic E-state index is 5.58. The first-order chi connectivity index (χ1) is 8.69. The van der Waals surface area contributed by atoms with E-state index in [-0.39, 0.29) is 6.10 Å². The Bertz CT molecular complexity index is 378. The van der Waals surface area contributed by atoms with Gasteiger partial charge in [0.25, 0.3) is 0 Å². The van der Waals surface area contributed by atoms with Crippen LogP contribution in [0.3, 0.4) is 0 Å². The third-order valence-electron chi connectivity index (χ3n) is 3.11. The second-order valence-corrected chi connectivity index (χ2v) is 5.61. The lowest BCUT2D eigenvalue weighted by atomic mass is 9.99. The second-order valence-electron chi connectivity index (χ2n) is 4.97. The Labute approximate surface area is 117 Å². The van der Waals surface area contributed by atoms with Crippen molar-refractivity contribution in [1.82, 2.24) is 9.97 Å². The van der Waals surface area contributed by atoms with Crippen molar-refractivity contribution >= 4 is 21.7 Å². The van der Waals surface area contributed by atoms with Crippen LogP contribution >= 0.6 is 15.9 Å². The van der Waals surface area contributed by atoms with E-state index >= 15 is 0 Å². The molecule has 1 aromatic heterocycles. The summed E-state index contributed by atoms with van der Waals surface area (Å²) in [6, 6.07) is 0. The van der Waals surface area contributed by atoms with Crippen molar-refractivity contribution in [3.8, 4) is 5.88 Å². The van der Waals surface area contributed by atoms with Crippen LogP contribution in [0.1, 0.15) is 26.7 Å². The molecule has 0 unspecified atom stereocenters. The minimum absolute atomic E-state index is 0.133. The second kappa shape index (κ2) is 6.36. The molecule has 1 aliphatic heterocycles. The predicted molar refractivity (Wildman–Crippen MR) is 76.5 cm³/mol. The summed E-state index contributed by atoms with van der Waals surface area (Å²) >= 11 is 3.56. The minimum atomic E-state index is 0.133. The van der Waals surface area contributed by atoms with Gasteiger partial charge in [0.15, 0.2) is 5.82 Å². The molecular weight excluding hydrogens is 294 g/mol. The average molecular weight is 314 g/mol. The highest BCUT2D eigenvalue weighted by atomic mass is 79.9. The topological polar surface area (TPSA) is 38.2 Å². The molecule has 1 fully saturated rings. The highest BCUT2D eigenvalue weighted by Crippen LogP contribution is 2.23. The van der Waals surface area contributed by atoms with Crippen molar-refractivity contribution in [1.29, 1.82) is 0 Å². The molecule has 0 saturated carbocycles. The monoisotopic (exact) mass is 313 g/mol. The highest BCUT2D eigenvalue weighted by Gasteiger charge is 2.19. The summed E-state index contributed by atoms with van der Waals surface area (Å²) in [6.45, 7) is 6.10. The van der Waals surface area contributed by atoms with E-state index in [9.17, 15) is 0 Å². The molecular formula is C13H20BrN3O. The Balaban J connectivity index is 2.00. The number of anilines is 1. The fourth-order valence-corrected chi connectivity index (χ4v) is 2.75. The number of aromatic nitrogens is 2. The third-order valence-corrected chi connectivity index (χ3v) is 4.03. The molecule has 2 rings (SSSR count). The van der Waals surface area contributed by atoms with Gasteiger partial charge in [0.1, 0.15) is 0 Å². The smallest absolute Gasteiger partial charge is 0.234 e. The van der Waals surface area contributed by atoms with E-state index in [4.69, 9.17) is 4.74 Å². The van der Waals surface area contributed by atoms with Crippen LogP contribution in [-0.2, 0) is 0 Å². The van der Waals surface area contributed by atoms with E-state index in [1.165, 1.54) is 12.8 Å². The summed E-state index contributed by atoms with van der Waals surface area (Å²) in [5.41, 5.74) is 0. The number of hydrogen-bond donors (Lipinski definition) is 0. The van der Waals surface area contributed by atoms with Crippen molar-refractivity contribution in [2.45, 2.75) is 32.8 Å². The maximum Gasteiger partial charge on any atom is 0.234 e. The van der Waals surface area contributed by atoms with E-state index < -0.39 is 0 Å². The Morgan fingerprint density at radius 2 is 2.11 bits per heavy atom. The predicted octanol–water partition coefficient (Wildman–Crippen LogP) is 2.88. The van der Waals surface area contributed by atoms with Crippen LogP contribution in [0, 0.1) is 5.92 Å². The molecule has 0 atom stereocenters. The van der Waals surface area contributed by atoms with E-state index in [1.54, 1.807) is 6.20 Å². The molecule has 0 radical (unpaired) electrons. The molecule has 1 aromatic rings. The molecule has 1 saturated heterocycles. The van der Waals surface area contributed by atoms with Crippen LogP contribution in [-0.4, -0.2) is 34.5 Å². The first-order valence-electron chi connectivity index (χ1n) is 6.48. The van der Waals surface area contributed by atoms with Gasteiger partial charge < -0.3 is 9.64 Å². The van der Waals surface area contributed by atoms with E-state index in [2.05, 4.69) is 30.8 Å². The SMILES string of the molecule is CC(C)Oc1cncc(N2CCC(CBr)CC2)n1. The molecule has 0 aliphatic carbocycles. The zero-order chi connectivity index (χ0) is 13.0. The van der Waals surface area contributed by atoms with Crippen LogP contribution in [0.2, 0.25) is 0 Å². The number of rotatable bonds is 4. The lowest BCUT2D eigenvalue weighted by Gasteiger charge is -2.31. The number of nitrogens with zero attached hydrogens (tertiary/aromatic N) is 3. The molecule has 0 spiro atoms.